The molecule has 1 saturated heterocycles. The van der Waals surface area contributed by atoms with Crippen LogP contribution in [0.5, 0.6) is 0 Å². The van der Waals surface area contributed by atoms with E-state index in [2.05, 4.69) is 19.2 Å². The summed E-state index contributed by atoms with van der Waals surface area (Å²) in [5.74, 6) is 1.34. The molecular formula is C19H35NO3. The molecule has 1 heterocycles. The van der Waals surface area contributed by atoms with Crippen molar-refractivity contribution in [3.63, 3.8) is 0 Å². The second kappa shape index (κ2) is 7.87. The molecule has 0 spiro atoms. The average molecular weight is 325 g/mol. The minimum Gasteiger partial charge on any atom is -0.444 e. The zero-order valence-corrected chi connectivity index (χ0v) is 15.6. The first-order valence-corrected chi connectivity index (χ1v) is 9.39. The monoisotopic (exact) mass is 325 g/mol. The lowest BCUT2D eigenvalue weighted by atomic mass is 9.83. The Kier molecular flexibility index (Phi) is 6.35. The van der Waals surface area contributed by atoms with Gasteiger partial charge in [-0.15, -0.1) is 0 Å². The van der Waals surface area contributed by atoms with Crippen LogP contribution < -0.4 is 5.32 Å². The van der Waals surface area contributed by atoms with Crippen LogP contribution in [0.15, 0.2) is 0 Å². The van der Waals surface area contributed by atoms with Crippen LogP contribution in [-0.2, 0) is 9.47 Å². The van der Waals surface area contributed by atoms with Crippen LogP contribution in [0, 0.1) is 11.8 Å². The molecule has 1 saturated carbocycles. The van der Waals surface area contributed by atoms with Gasteiger partial charge in [0.1, 0.15) is 11.7 Å². The first-order chi connectivity index (χ1) is 10.7. The summed E-state index contributed by atoms with van der Waals surface area (Å²) in [6.07, 6.45) is 8.84. The third kappa shape index (κ3) is 6.70. The molecule has 0 bridgehead atoms. The molecule has 0 unspecified atom stereocenters. The SMILES string of the molecule is CC(C)C[C@H]1O[C@@H]1[C@H](CC1CCCCC1)NC(=O)OC(C)(C)C. The molecular weight excluding hydrogens is 290 g/mol. The van der Waals surface area contributed by atoms with Gasteiger partial charge in [0.05, 0.1) is 12.1 Å². The molecule has 4 heteroatoms. The molecule has 134 valence electrons. The van der Waals surface area contributed by atoms with Crippen molar-refractivity contribution < 1.29 is 14.3 Å². The van der Waals surface area contributed by atoms with E-state index in [0.29, 0.717) is 17.9 Å². The molecule has 0 aromatic rings. The molecule has 1 aliphatic heterocycles. The predicted octanol–water partition coefficient (Wildman–Crippen LogP) is 4.66. The highest BCUT2D eigenvalue weighted by Gasteiger charge is 2.46. The van der Waals surface area contributed by atoms with Crippen molar-refractivity contribution in [1.29, 1.82) is 0 Å². The molecule has 1 amide bonds. The molecule has 1 N–H and O–H groups in total. The lowest BCUT2D eigenvalue weighted by Crippen LogP contribution is -2.43. The van der Waals surface area contributed by atoms with Crippen LogP contribution in [0.2, 0.25) is 0 Å². The van der Waals surface area contributed by atoms with Gasteiger partial charge in [-0.25, -0.2) is 4.79 Å². The van der Waals surface area contributed by atoms with Gasteiger partial charge in [0.15, 0.2) is 0 Å². The Hall–Kier alpha value is -0.770. The highest BCUT2D eigenvalue weighted by atomic mass is 16.6. The maximum absolute atomic E-state index is 12.2. The van der Waals surface area contributed by atoms with Gasteiger partial charge >= 0.3 is 6.09 Å². The van der Waals surface area contributed by atoms with E-state index in [1.807, 2.05) is 20.8 Å². The Bertz CT molecular complexity index is 383. The molecule has 2 rings (SSSR count). The van der Waals surface area contributed by atoms with Crippen LogP contribution in [0.1, 0.15) is 79.6 Å². The number of alkyl carbamates (subject to hydrolysis) is 1. The van der Waals surface area contributed by atoms with Gasteiger partial charge in [0.25, 0.3) is 0 Å². The van der Waals surface area contributed by atoms with Gasteiger partial charge in [-0.3, -0.25) is 0 Å². The zero-order chi connectivity index (χ0) is 17.0. The maximum Gasteiger partial charge on any atom is 0.407 e. The number of carbonyl (C=O) groups excluding carboxylic acids is 1. The minimum absolute atomic E-state index is 0.0942. The molecule has 4 nitrogen and oxygen atoms in total. The number of nitrogens with one attached hydrogen (secondary N) is 1. The standard InChI is InChI=1S/C19H35NO3/c1-13(2)11-16-17(22-16)15(12-14-9-7-6-8-10-14)20-18(21)23-19(3,4)5/h13-17H,6-12H2,1-5H3,(H,20,21)/t15-,16+,17+/m0/s1. The predicted molar refractivity (Wildman–Crippen MR) is 92.5 cm³/mol. The number of rotatable bonds is 6. The maximum atomic E-state index is 12.2. The fourth-order valence-corrected chi connectivity index (χ4v) is 3.68. The largest absolute Gasteiger partial charge is 0.444 e. The van der Waals surface area contributed by atoms with Crippen LogP contribution in [0.4, 0.5) is 4.79 Å². The van der Waals surface area contributed by atoms with Crippen LogP contribution in [0.25, 0.3) is 0 Å². The van der Waals surface area contributed by atoms with E-state index in [9.17, 15) is 4.79 Å². The van der Waals surface area contributed by atoms with Gasteiger partial charge in [-0.1, -0.05) is 46.0 Å². The van der Waals surface area contributed by atoms with Gasteiger partial charge < -0.3 is 14.8 Å². The Morgan fingerprint density at radius 2 is 1.83 bits per heavy atom. The third-order valence-corrected chi connectivity index (χ3v) is 4.74. The van der Waals surface area contributed by atoms with Crippen molar-refractivity contribution in [2.75, 3.05) is 0 Å². The normalized spacial score (nSPS) is 26.9. The molecule has 1 aliphatic carbocycles. The summed E-state index contributed by atoms with van der Waals surface area (Å²) >= 11 is 0. The summed E-state index contributed by atoms with van der Waals surface area (Å²) < 4.78 is 11.3. The number of amides is 1. The Morgan fingerprint density at radius 1 is 1.17 bits per heavy atom. The second-order valence-electron chi connectivity index (χ2n) is 8.76. The number of ether oxygens (including phenoxy) is 2. The Labute approximate surface area is 141 Å². The highest BCUT2D eigenvalue weighted by molar-refractivity contribution is 5.68. The van der Waals surface area contributed by atoms with E-state index in [-0.39, 0.29) is 18.2 Å². The van der Waals surface area contributed by atoms with Crippen LogP contribution >= 0.6 is 0 Å². The summed E-state index contributed by atoms with van der Waals surface area (Å²) in [5.41, 5.74) is -0.457. The molecule has 2 fully saturated rings. The smallest absolute Gasteiger partial charge is 0.407 e. The summed E-state index contributed by atoms with van der Waals surface area (Å²) in [6.45, 7) is 10.1. The third-order valence-electron chi connectivity index (χ3n) is 4.74. The zero-order valence-electron chi connectivity index (χ0n) is 15.6. The first kappa shape index (κ1) is 18.6. The van der Waals surface area contributed by atoms with Crippen LogP contribution in [0.3, 0.4) is 0 Å². The lowest BCUT2D eigenvalue weighted by Gasteiger charge is -2.28. The summed E-state index contributed by atoms with van der Waals surface area (Å²) in [7, 11) is 0. The number of hydrogen-bond acceptors (Lipinski definition) is 3. The van der Waals surface area contributed by atoms with E-state index >= 15 is 0 Å². The number of epoxide rings is 1. The first-order valence-electron chi connectivity index (χ1n) is 9.39. The summed E-state index contributed by atoms with van der Waals surface area (Å²) in [6, 6.07) is 0.0942. The molecule has 0 radical (unpaired) electrons. The molecule has 23 heavy (non-hydrogen) atoms. The molecule has 0 aromatic carbocycles. The Morgan fingerprint density at radius 3 is 2.39 bits per heavy atom. The fraction of sp³-hybridized carbons (Fsp3) is 0.947. The molecule has 2 aliphatic rings. The fourth-order valence-electron chi connectivity index (χ4n) is 3.68. The van der Waals surface area contributed by atoms with E-state index in [1.54, 1.807) is 0 Å². The molecule has 0 aromatic heterocycles. The van der Waals surface area contributed by atoms with Crippen molar-refractivity contribution >= 4 is 6.09 Å². The van der Waals surface area contributed by atoms with Crippen molar-refractivity contribution in [3.05, 3.63) is 0 Å². The minimum atomic E-state index is -0.457. The average Bonchev–Trinajstić information content (AvgIpc) is 3.15. The quantitative estimate of drug-likeness (QED) is 0.722. The Balaban J connectivity index is 1.90. The number of carbonyl (C=O) groups is 1. The van der Waals surface area contributed by atoms with Crippen molar-refractivity contribution in [3.8, 4) is 0 Å². The van der Waals surface area contributed by atoms with Gasteiger partial charge in [0, 0.05) is 0 Å². The van der Waals surface area contributed by atoms with Gasteiger partial charge in [-0.2, -0.15) is 0 Å². The van der Waals surface area contributed by atoms with E-state index in [4.69, 9.17) is 9.47 Å². The summed E-state index contributed by atoms with van der Waals surface area (Å²) in [4.78, 5) is 12.2. The lowest BCUT2D eigenvalue weighted by molar-refractivity contribution is 0.0484. The van der Waals surface area contributed by atoms with Crippen LogP contribution in [-0.4, -0.2) is 29.9 Å². The second-order valence-corrected chi connectivity index (χ2v) is 8.76. The van der Waals surface area contributed by atoms with E-state index < -0.39 is 5.60 Å². The van der Waals surface area contributed by atoms with E-state index in [0.717, 1.165) is 12.8 Å². The van der Waals surface area contributed by atoms with Gasteiger partial charge in [-0.05, 0) is 45.4 Å². The summed E-state index contributed by atoms with van der Waals surface area (Å²) in [5, 5.41) is 3.10. The van der Waals surface area contributed by atoms with E-state index in [1.165, 1.54) is 32.1 Å². The van der Waals surface area contributed by atoms with Crippen molar-refractivity contribution in [1.82, 2.24) is 5.32 Å². The molecule has 3 atom stereocenters. The topological polar surface area (TPSA) is 50.9 Å². The van der Waals surface area contributed by atoms with Crippen molar-refractivity contribution in [2.45, 2.75) is 103 Å². The number of hydrogen-bond donors (Lipinski definition) is 1. The van der Waals surface area contributed by atoms with Crippen molar-refractivity contribution in [2.24, 2.45) is 11.8 Å². The highest BCUT2D eigenvalue weighted by Crippen LogP contribution is 2.36. The van der Waals surface area contributed by atoms with Gasteiger partial charge in [0.2, 0.25) is 0 Å².